The Morgan fingerprint density at radius 1 is 1.40 bits per heavy atom. The summed E-state index contributed by atoms with van der Waals surface area (Å²) in [4.78, 5) is 1.70. The van der Waals surface area contributed by atoms with Crippen molar-refractivity contribution in [2.45, 2.75) is 6.10 Å². The summed E-state index contributed by atoms with van der Waals surface area (Å²) in [5.41, 5.74) is 0. The standard InChI is InChI=1S/C12H7ClOS/c1-2-11-7-8-12(15-11)6-4-3-5-10(14)9-13/h1,7-8,10,14H,9H2. The minimum absolute atomic E-state index is 0.0922. The molecule has 74 valence electrons. The zero-order valence-electron chi connectivity index (χ0n) is 7.75. The maximum Gasteiger partial charge on any atom is 0.129 e. The van der Waals surface area contributed by atoms with E-state index in [9.17, 15) is 0 Å². The van der Waals surface area contributed by atoms with E-state index in [4.69, 9.17) is 23.1 Å². The summed E-state index contributed by atoms with van der Waals surface area (Å²) in [6.07, 6.45) is 4.40. The lowest BCUT2D eigenvalue weighted by Crippen LogP contribution is -2.02. The van der Waals surface area contributed by atoms with Gasteiger partial charge >= 0.3 is 0 Å². The van der Waals surface area contributed by atoms with Gasteiger partial charge in [-0.2, -0.15) is 0 Å². The van der Waals surface area contributed by atoms with E-state index < -0.39 is 6.10 Å². The fraction of sp³-hybridized carbons (Fsp3) is 0.167. The van der Waals surface area contributed by atoms with E-state index in [1.165, 1.54) is 11.3 Å². The van der Waals surface area contributed by atoms with Crippen molar-refractivity contribution in [1.82, 2.24) is 0 Å². The zero-order chi connectivity index (χ0) is 11.1. The predicted octanol–water partition coefficient (Wildman–Crippen LogP) is 1.68. The van der Waals surface area contributed by atoms with Gasteiger partial charge in [0.05, 0.1) is 15.6 Å². The van der Waals surface area contributed by atoms with E-state index in [-0.39, 0.29) is 5.88 Å². The smallest absolute Gasteiger partial charge is 0.129 e. The van der Waals surface area contributed by atoms with Gasteiger partial charge in [0.1, 0.15) is 6.10 Å². The highest BCUT2D eigenvalue weighted by molar-refractivity contribution is 7.13. The first-order chi connectivity index (χ1) is 7.26. The molecule has 1 heterocycles. The minimum Gasteiger partial charge on any atom is -0.379 e. The Labute approximate surface area is 98.1 Å². The molecule has 1 aromatic rings. The highest BCUT2D eigenvalue weighted by Gasteiger charge is 1.93. The second-order valence-corrected chi connectivity index (χ2v) is 3.89. The monoisotopic (exact) mass is 234 g/mol. The summed E-state index contributed by atoms with van der Waals surface area (Å²) in [7, 11) is 0. The van der Waals surface area contributed by atoms with E-state index in [1.807, 2.05) is 12.1 Å². The fourth-order valence-corrected chi connectivity index (χ4v) is 1.48. The molecule has 1 N–H and O–H groups in total. The van der Waals surface area contributed by atoms with Crippen molar-refractivity contribution in [1.29, 1.82) is 0 Å². The topological polar surface area (TPSA) is 20.2 Å². The molecule has 1 rings (SSSR count). The van der Waals surface area contributed by atoms with Crippen LogP contribution in [-0.4, -0.2) is 17.1 Å². The molecule has 1 nitrogen and oxygen atoms in total. The number of aliphatic hydroxyl groups excluding tert-OH is 1. The summed E-state index contributed by atoms with van der Waals surface area (Å²) < 4.78 is 0. The lowest BCUT2D eigenvalue weighted by atomic mass is 10.4. The number of rotatable bonds is 1. The molecule has 3 heteroatoms. The molecule has 0 aliphatic carbocycles. The van der Waals surface area contributed by atoms with Crippen molar-refractivity contribution in [3.05, 3.63) is 21.9 Å². The fourth-order valence-electron chi connectivity index (χ4n) is 0.733. The second-order valence-electron chi connectivity index (χ2n) is 2.50. The highest BCUT2D eigenvalue weighted by Crippen LogP contribution is 2.13. The van der Waals surface area contributed by atoms with E-state index in [2.05, 4.69) is 29.6 Å². The Bertz CT molecular complexity index is 487. The number of halogens is 1. The molecular formula is C12H7ClOS. The van der Waals surface area contributed by atoms with Crippen molar-refractivity contribution < 1.29 is 5.11 Å². The van der Waals surface area contributed by atoms with Gasteiger partial charge in [0, 0.05) is 0 Å². The minimum atomic E-state index is -0.814. The normalized spacial score (nSPS) is 10.2. The molecule has 1 unspecified atom stereocenters. The number of aliphatic hydroxyl groups is 1. The molecule has 0 radical (unpaired) electrons. The number of alkyl halides is 1. The van der Waals surface area contributed by atoms with Crippen molar-refractivity contribution in [2.24, 2.45) is 0 Å². The van der Waals surface area contributed by atoms with Gasteiger partial charge in [-0.3, -0.25) is 0 Å². The molecule has 1 aromatic heterocycles. The molecule has 0 amide bonds. The van der Waals surface area contributed by atoms with Gasteiger partial charge in [-0.1, -0.05) is 11.8 Å². The summed E-state index contributed by atoms with van der Waals surface area (Å²) >= 11 is 6.78. The summed E-state index contributed by atoms with van der Waals surface area (Å²) in [6, 6.07) is 3.67. The second kappa shape index (κ2) is 6.18. The van der Waals surface area contributed by atoms with Gasteiger partial charge in [-0.25, -0.2) is 0 Å². The zero-order valence-corrected chi connectivity index (χ0v) is 9.32. The van der Waals surface area contributed by atoms with Crippen LogP contribution in [0.25, 0.3) is 0 Å². The third-order valence-electron chi connectivity index (χ3n) is 1.38. The van der Waals surface area contributed by atoms with Crippen LogP contribution in [0.4, 0.5) is 0 Å². The van der Waals surface area contributed by atoms with Crippen molar-refractivity contribution in [3.63, 3.8) is 0 Å². The number of thiophene rings is 1. The Morgan fingerprint density at radius 2 is 2.13 bits per heavy atom. The molecule has 0 aromatic carbocycles. The third kappa shape index (κ3) is 4.11. The summed E-state index contributed by atoms with van der Waals surface area (Å²) in [5, 5.41) is 9.00. The first kappa shape index (κ1) is 11.7. The van der Waals surface area contributed by atoms with Crippen LogP contribution < -0.4 is 0 Å². The molecule has 0 saturated carbocycles. The van der Waals surface area contributed by atoms with Crippen LogP contribution in [-0.2, 0) is 0 Å². The van der Waals surface area contributed by atoms with Crippen LogP contribution in [0.15, 0.2) is 12.1 Å². The molecule has 0 aliphatic rings. The van der Waals surface area contributed by atoms with Crippen LogP contribution in [0.2, 0.25) is 0 Å². The van der Waals surface area contributed by atoms with Gasteiger partial charge in [0.2, 0.25) is 0 Å². The number of hydrogen-bond donors (Lipinski definition) is 1. The van der Waals surface area contributed by atoms with E-state index in [0.29, 0.717) is 0 Å². The quantitative estimate of drug-likeness (QED) is 0.579. The number of hydrogen-bond acceptors (Lipinski definition) is 2. The first-order valence-electron chi connectivity index (χ1n) is 4.08. The maximum atomic E-state index is 9.00. The maximum absolute atomic E-state index is 9.00. The average Bonchev–Trinajstić information content (AvgIpc) is 2.72. The summed E-state index contributed by atoms with van der Waals surface area (Å²) in [6.45, 7) is 0. The first-order valence-corrected chi connectivity index (χ1v) is 5.43. The lowest BCUT2D eigenvalue weighted by molar-refractivity contribution is 0.256. The Hall–Kier alpha value is -1.37. The SMILES string of the molecule is C#Cc1ccc(C#CC#CC(O)CCl)s1. The van der Waals surface area contributed by atoms with Crippen LogP contribution >= 0.6 is 22.9 Å². The predicted molar refractivity (Wildman–Crippen MR) is 63.6 cm³/mol. The van der Waals surface area contributed by atoms with Crippen molar-refractivity contribution in [2.75, 3.05) is 5.88 Å². The molecule has 15 heavy (non-hydrogen) atoms. The summed E-state index contributed by atoms with van der Waals surface area (Å²) in [5.74, 6) is 13.1. The lowest BCUT2D eigenvalue weighted by Gasteiger charge is -1.89. The van der Waals surface area contributed by atoms with Crippen LogP contribution in [0.3, 0.4) is 0 Å². The van der Waals surface area contributed by atoms with Crippen LogP contribution in [0.5, 0.6) is 0 Å². The van der Waals surface area contributed by atoms with Gasteiger partial charge in [-0.15, -0.1) is 29.4 Å². The number of terminal acetylenes is 1. The van der Waals surface area contributed by atoms with Gasteiger partial charge < -0.3 is 5.11 Å². The van der Waals surface area contributed by atoms with Gasteiger partial charge in [0.15, 0.2) is 0 Å². The Balaban J connectivity index is 2.65. The molecule has 0 spiro atoms. The molecular weight excluding hydrogens is 228 g/mol. The largest absolute Gasteiger partial charge is 0.379 e. The van der Waals surface area contributed by atoms with Gasteiger partial charge in [0.25, 0.3) is 0 Å². The molecule has 0 fully saturated rings. The average molecular weight is 235 g/mol. The Morgan fingerprint density at radius 3 is 2.73 bits per heavy atom. The van der Waals surface area contributed by atoms with E-state index in [1.54, 1.807) is 0 Å². The van der Waals surface area contributed by atoms with Crippen LogP contribution in [0.1, 0.15) is 9.75 Å². The van der Waals surface area contributed by atoms with Crippen molar-refractivity contribution >= 4 is 22.9 Å². The third-order valence-corrected chi connectivity index (χ3v) is 2.61. The van der Waals surface area contributed by atoms with E-state index >= 15 is 0 Å². The molecule has 1 atom stereocenters. The molecule has 0 saturated heterocycles. The van der Waals surface area contributed by atoms with Gasteiger partial charge in [-0.05, 0) is 29.9 Å². The molecule has 0 aliphatic heterocycles. The van der Waals surface area contributed by atoms with E-state index in [0.717, 1.165) is 9.75 Å². The highest BCUT2D eigenvalue weighted by atomic mass is 35.5. The van der Waals surface area contributed by atoms with Crippen molar-refractivity contribution in [3.8, 4) is 36.0 Å². The molecule has 0 bridgehead atoms. The van der Waals surface area contributed by atoms with Crippen LogP contribution in [0, 0.1) is 36.0 Å². The Kier molecular flexibility index (Phi) is 4.82.